The molecule has 0 atom stereocenters. The predicted octanol–water partition coefficient (Wildman–Crippen LogP) is 3.65. The largest absolute Gasteiger partial charge is 0.367 e. The maximum absolute atomic E-state index is 3.64. The second kappa shape index (κ2) is 5.28. The minimum absolute atomic E-state index is 1.10. The Bertz CT molecular complexity index is 663. The fourth-order valence-corrected chi connectivity index (χ4v) is 3.97. The highest BCUT2D eigenvalue weighted by atomic mass is 32.2. The van der Waals surface area contributed by atoms with Crippen molar-refractivity contribution < 1.29 is 0 Å². The number of piperazine rings is 1. The van der Waals surface area contributed by atoms with Gasteiger partial charge in [0.2, 0.25) is 0 Å². The van der Waals surface area contributed by atoms with Gasteiger partial charge in [-0.1, -0.05) is 30.0 Å². The summed E-state index contributed by atoms with van der Waals surface area (Å²) >= 11 is 1.86. The van der Waals surface area contributed by atoms with E-state index >= 15 is 0 Å². The molecule has 108 valence electrons. The molecule has 0 unspecified atom stereocenters. The van der Waals surface area contributed by atoms with Crippen LogP contribution in [0.1, 0.15) is 0 Å². The lowest BCUT2D eigenvalue weighted by Crippen LogP contribution is -2.44. The first-order chi connectivity index (χ1) is 10.3. The Hall–Kier alpha value is -1.65. The summed E-state index contributed by atoms with van der Waals surface area (Å²) < 4.78 is 0. The average Bonchev–Trinajstić information content (AvgIpc) is 2.53. The van der Waals surface area contributed by atoms with E-state index in [1.807, 2.05) is 11.8 Å². The topological polar surface area (TPSA) is 18.5 Å². The second-order valence-corrected chi connectivity index (χ2v) is 6.75. The van der Waals surface area contributed by atoms with Crippen LogP contribution in [0, 0.1) is 0 Å². The summed E-state index contributed by atoms with van der Waals surface area (Å²) in [4.78, 5) is 7.52. The number of benzene rings is 2. The smallest absolute Gasteiger partial charge is 0.0764 e. The molecule has 2 aromatic rings. The minimum Gasteiger partial charge on any atom is -0.367 e. The molecular weight excluding hydrogens is 278 g/mol. The van der Waals surface area contributed by atoms with Gasteiger partial charge in [0, 0.05) is 36.0 Å². The standard InChI is InChI=1S/C17H19N3S/c1-19-9-11-20(12-10-19)14-6-4-8-16-17(14)18-13-5-2-3-7-15(13)21-16/h2-8,18H,9-12H2,1H3. The van der Waals surface area contributed by atoms with E-state index in [-0.39, 0.29) is 0 Å². The third-order valence-electron chi connectivity index (χ3n) is 4.21. The van der Waals surface area contributed by atoms with Gasteiger partial charge in [-0.15, -0.1) is 0 Å². The van der Waals surface area contributed by atoms with E-state index in [9.17, 15) is 0 Å². The summed E-state index contributed by atoms with van der Waals surface area (Å²) in [5, 5.41) is 3.64. The molecule has 21 heavy (non-hydrogen) atoms. The lowest BCUT2D eigenvalue weighted by atomic mass is 10.2. The zero-order valence-corrected chi connectivity index (χ0v) is 13.0. The quantitative estimate of drug-likeness (QED) is 0.739. The van der Waals surface area contributed by atoms with Crippen LogP contribution in [0.15, 0.2) is 52.3 Å². The molecule has 2 heterocycles. The van der Waals surface area contributed by atoms with Crippen molar-refractivity contribution in [2.45, 2.75) is 9.79 Å². The molecule has 0 saturated carbocycles. The second-order valence-electron chi connectivity index (χ2n) is 5.66. The first-order valence-corrected chi connectivity index (χ1v) is 8.23. The summed E-state index contributed by atoms with van der Waals surface area (Å²) in [5.74, 6) is 0. The number of rotatable bonds is 1. The third-order valence-corrected chi connectivity index (χ3v) is 5.35. The van der Waals surface area contributed by atoms with Gasteiger partial charge in [0.25, 0.3) is 0 Å². The van der Waals surface area contributed by atoms with E-state index in [2.05, 4.69) is 64.6 Å². The van der Waals surface area contributed by atoms with Gasteiger partial charge in [0.05, 0.1) is 17.1 Å². The molecule has 0 aliphatic carbocycles. The Balaban J connectivity index is 1.69. The van der Waals surface area contributed by atoms with Crippen LogP contribution in [-0.4, -0.2) is 38.1 Å². The van der Waals surface area contributed by atoms with Crippen LogP contribution in [0.2, 0.25) is 0 Å². The maximum atomic E-state index is 3.64. The van der Waals surface area contributed by atoms with Crippen molar-refractivity contribution in [1.82, 2.24) is 4.90 Å². The third kappa shape index (κ3) is 2.39. The van der Waals surface area contributed by atoms with Crippen LogP contribution >= 0.6 is 11.8 Å². The molecule has 2 aliphatic heterocycles. The van der Waals surface area contributed by atoms with Gasteiger partial charge in [0.1, 0.15) is 0 Å². The number of likely N-dealkylation sites (N-methyl/N-ethyl adjacent to an activating group) is 1. The van der Waals surface area contributed by atoms with Crippen LogP contribution in [0.3, 0.4) is 0 Å². The molecule has 2 aliphatic rings. The van der Waals surface area contributed by atoms with Crippen LogP contribution in [0.5, 0.6) is 0 Å². The summed E-state index contributed by atoms with van der Waals surface area (Å²) in [6.45, 7) is 4.46. The van der Waals surface area contributed by atoms with E-state index in [1.54, 1.807) is 0 Å². The normalized spacial score (nSPS) is 17.9. The van der Waals surface area contributed by atoms with Crippen LogP contribution in [0.25, 0.3) is 0 Å². The number of para-hydroxylation sites is 2. The van der Waals surface area contributed by atoms with Crippen molar-refractivity contribution in [3.05, 3.63) is 42.5 Å². The van der Waals surface area contributed by atoms with Gasteiger partial charge >= 0.3 is 0 Å². The van der Waals surface area contributed by atoms with Crippen molar-refractivity contribution in [1.29, 1.82) is 0 Å². The minimum atomic E-state index is 1.10. The van der Waals surface area contributed by atoms with Gasteiger partial charge in [-0.3, -0.25) is 0 Å². The molecule has 1 saturated heterocycles. The highest BCUT2D eigenvalue weighted by Crippen LogP contribution is 2.47. The molecule has 1 N–H and O–H groups in total. The highest BCUT2D eigenvalue weighted by molar-refractivity contribution is 7.99. The molecule has 0 spiro atoms. The summed E-state index contributed by atoms with van der Waals surface area (Å²) in [6, 6.07) is 15.2. The van der Waals surface area contributed by atoms with Crippen LogP contribution in [0.4, 0.5) is 17.1 Å². The van der Waals surface area contributed by atoms with Crippen LogP contribution in [-0.2, 0) is 0 Å². The molecule has 0 amide bonds. The lowest BCUT2D eigenvalue weighted by molar-refractivity contribution is 0.313. The first kappa shape index (κ1) is 13.0. The molecular formula is C17H19N3S. The molecule has 3 nitrogen and oxygen atoms in total. The van der Waals surface area contributed by atoms with Crippen molar-refractivity contribution in [2.24, 2.45) is 0 Å². The summed E-state index contributed by atoms with van der Waals surface area (Å²) in [7, 11) is 2.20. The zero-order chi connectivity index (χ0) is 14.2. The predicted molar refractivity (Wildman–Crippen MR) is 90.0 cm³/mol. The average molecular weight is 297 g/mol. The summed E-state index contributed by atoms with van der Waals surface area (Å²) in [5.41, 5.74) is 3.82. The van der Waals surface area contributed by atoms with E-state index < -0.39 is 0 Å². The van der Waals surface area contributed by atoms with Gasteiger partial charge in [-0.25, -0.2) is 0 Å². The number of nitrogens with zero attached hydrogens (tertiary/aromatic N) is 2. The van der Waals surface area contributed by atoms with E-state index in [1.165, 1.54) is 26.9 Å². The fraction of sp³-hybridized carbons (Fsp3) is 0.294. The van der Waals surface area contributed by atoms with Gasteiger partial charge < -0.3 is 15.1 Å². The van der Waals surface area contributed by atoms with Crippen molar-refractivity contribution in [3.8, 4) is 0 Å². The fourth-order valence-electron chi connectivity index (χ4n) is 2.95. The van der Waals surface area contributed by atoms with E-state index in [4.69, 9.17) is 0 Å². The Labute approximate surface area is 129 Å². The molecule has 0 bridgehead atoms. The Morgan fingerprint density at radius 2 is 1.67 bits per heavy atom. The Morgan fingerprint density at radius 3 is 2.52 bits per heavy atom. The number of fused-ring (bicyclic) bond motifs is 2. The number of hydrogen-bond donors (Lipinski definition) is 1. The highest BCUT2D eigenvalue weighted by Gasteiger charge is 2.22. The SMILES string of the molecule is CN1CCN(c2cccc3c2Nc2ccccc2S3)CC1. The van der Waals surface area contributed by atoms with Gasteiger partial charge in [-0.05, 0) is 31.3 Å². The van der Waals surface area contributed by atoms with Crippen molar-refractivity contribution in [2.75, 3.05) is 43.4 Å². The van der Waals surface area contributed by atoms with Crippen LogP contribution < -0.4 is 10.2 Å². The van der Waals surface area contributed by atoms with Crippen molar-refractivity contribution in [3.63, 3.8) is 0 Å². The lowest BCUT2D eigenvalue weighted by Gasteiger charge is -2.36. The Morgan fingerprint density at radius 1 is 0.905 bits per heavy atom. The van der Waals surface area contributed by atoms with Gasteiger partial charge in [-0.2, -0.15) is 0 Å². The molecule has 0 radical (unpaired) electrons. The molecule has 4 rings (SSSR count). The summed E-state index contributed by atoms with van der Waals surface area (Å²) in [6.07, 6.45) is 0. The van der Waals surface area contributed by atoms with E-state index in [0.717, 1.165) is 26.2 Å². The van der Waals surface area contributed by atoms with Crippen molar-refractivity contribution >= 4 is 28.8 Å². The molecule has 0 aromatic heterocycles. The number of nitrogens with one attached hydrogen (secondary N) is 1. The molecule has 2 aromatic carbocycles. The monoisotopic (exact) mass is 297 g/mol. The van der Waals surface area contributed by atoms with E-state index in [0.29, 0.717) is 0 Å². The molecule has 4 heteroatoms. The van der Waals surface area contributed by atoms with Gasteiger partial charge in [0.15, 0.2) is 0 Å². The zero-order valence-electron chi connectivity index (χ0n) is 12.2. The number of hydrogen-bond acceptors (Lipinski definition) is 4. The number of anilines is 3. The maximum Gasteiger partial charge on any atom is 0.0764 e. The Kier molecular flexibility index (Phi) is 3.28. The molecule has 1 fully saturated rings. The first-order valence-electron chi connectivity index (χ1n) is 7.42.